The lowest BCUT2D eigenvalue weighted by atomic mass is 9.95. The van der Waals surface area contributed by atoms with Crippen molar-refractivity contribution in [3.8, 4) is 11.8 Å². The van der Waals surface area contributed by atoms with Gasteiger partial charge in [0.25, 0.3) is 5.91 Å². The van der Waals surface area contributed by atoms with Crippen molar-refractivity contribution >= 4 is 13.0 Å². The molecular formula is C12H20NO2P. The SMILES string of the molecule is CC#CC(=O)NC1CCCCC1P(C)(C)=O. The minimum absolute atomic E-state index is 0.0444. The average Bonchev–Trinajstić information content (AvgIpc) is 2.17. The average molecular weight is 241 g/mol. The second-order valence-electron chi connectivity index (χ2n) is 4.74. The zero-order valence-electron chi connectivity index (χ0n) is 10.2. The minimum Gasteiger partial charge on any atom is -0.342 e. The van der Waals surface area contributed by atoms with E-state index in [0.29, 0.717) is 0 Å². The number of carbonyl (C=O) groups is 1. The first-order valence-corrected chi connectivity index (χ1v) is 8.40. The van der Waals surface area contributed by atoms with Gasteiger partial charge in [-0.25, -0.2) is 0 Å². The van der Waals surface area contributed by atoms with Crippen LogP contribution in [0.5, 0.6) is 0 Å². The van der Waals surface area contributed by atoms with Gasteiger partial charge < -0.3 is 9.88 Å². The number of hydrogen-bond donors (Lipinski definition) is 1. The predicted octanol–water partition coefficient (Wildman–Crippen LogP) is 2.06. The zero-order chi connectivity index (χ0) is 12.2. The van der Waals surface area contributed by atoms with Crippen molar-refractivity contribution < 1.29 is 9.36 Å². The van der Waals surface area contributed by atoms with Gasteiger partial charge in [0.05, 0.1) is 7.14 Å². The van der Waals surface area contributed by atoms with Crippen LogP contribution in [0.25, 0.3) is 0 Å². The fourth-order valence-electron chi connectivity index (χ4n) is 2.34. The molecule has 0 saturated heterocycles. The van der Waals surface area contributed by atoms with Gasteiger partial charge >= 0.3 is 0 Å². The molecule has 1 amide bonds. The Hall–Kier alpha value is -0.740. The van der Waals surface area contributed by atoms with Crippen molar-refractivity contribution in [3.05, 3.63) is 0 Å². The molecule has 1 aliphatic carbocycles. The summed E-state index contributed by atoms with van der Waals surface area (Å²) in [6, 6.07) is 0.0444. The van der Waals surface area contributed by atoms with Gasteiger partial charge in [-0.05, 0) is 39.0 Å². The molecule has 1 fully saturated rings. The smallest absolute Gasteiger partial charge is 0.296 e. The Balaban J connectivity index is 2.70. The second-order valence-corrected chi connectivity index (χ2v) is 8.27. The molecule has 4 heteroatoms. The molecule has 1 rings (SSSR count). The molecular weight excluding hydrogens is 221 g/mol. The normalized spacial score (nSPS) is 25.4. The van der Waals surface area contributed by atoms with Crippen molar-refractivity contribution in [2.75, 3.05) is 13.3 Å². The maximum absolute atomic E-state index is 12.1. The Labute approximate surface area is 97.7 Å². The van der Waals surface area contributed by atoms with E-state index in [-0.39, 0.29) is 17.6 Å². The van der Waals surface area contributed by atoms with Crippen LogP contribution in [0.15, 0.2) is 0 Å². The third kappa shape index (κ3) is 3.68. The lowest BCUT2D eigenvalue weighted by molar-refractivity contribution is -0.116. The summed E-state index contributed by atoms with van der Waals surface area (Å²) in [7, 11) is -2.14. The molecule has 0 heterocycles. The summed E-state index contributed by atoms with van der Waals surface area (Å²) in [4.78, 5) is 11.4. The first-order valence-electron chi connectivity index (χ1n) is 5.73. The Bertz CT molecular complexity index is 361. The Kier molecular flexibility index (Phi) is 4.62. The number of carbonyl (C=O) groups excluding carboxylic acids is 1. The Morgan fingerprint density at radius 3 is 2.50 bits per heavy atom. The summed E-state index contributed by atoms with van der Waals surface area (Å²) in [5, 5.41) is 2.89. The van der Waals surface area contributed by atoms with Crippen LogP contribution >= 0.6 is 7.14 Å². The Morgan fingerprint density at radius 1 is 1.31 bits per heavy atom. The lowest BCUT2D eigenvalue weighted by Gasteiger charge is -2.34. The maximum atomic E-state index is 12.1. The van der Waals surface area contributed by atoms with Gasteiger partial charge in [-0.2, -0.15) is 0 Å². The second kappa shape index (κ2) is 5.55. The third-order valence-corrected chi connectivity index (χ3v) is 5.30. The molecule has 2 atom stereocenters. The van der Waals surface area contributed by atoms with Crippen LogP contribution in [0.2, 0.25) is 0 Å². The van der Waals surface area contributed by atoms with Crippen molar-refractivity contribution in [2.24, 2.45) is 0 Å². The minimum atomic E-state index is -2.14. The molecule has 0 aromatic heterocycles. The molecule has 0 radical (unpaired) electrons. The van der Waals surface area contributed by atoms with Gasteiger partial charge in [-0.15, -0.1) is 0 Å². The fourth-order valence-corrected chi connectivity index (χ4v) is 4.24. The molecule has 90 valence electrons. The molecule has 1 saturated carbocycles. The van der Waals surface area contributed by atoms with Crippen molar-refractivity contribution in [3.63, 3.8) is 0 Å². The highest BCUT2D eigenvalue weighted by molar-refractivity contribution is 7.63. The van der Waals surface area contributed by atoms with E-state index >= 15 is 0 Å². The van der Waals surface area contributed by atoms with E-state index in [2.05, 4.69) is 17.2 Å². The van der Waals surface area contributed by atoms with Gasteiger partial charge in [0.1, 0.15) is 0 Å². The lowest BCUT2D eigenvalue weighted by Crippen LogP contribution is -2.44. The van der Waals surface area contributed by atoms with Gasteiger partial charge in [0.15, 0.2) is 0 Å². The van der Waals surface area contributed by atoms with Crippen LogP contribution in [0.4, 0.5) is 0 Å². The highest BCUT2D eigenvalue weighted by Gasteiger charge is 2.34. The standard InChI is InChI=1S/C12H20NO2P/c1-4-7-12(14)13-10-8-5-6-9-11(10)16(2,3)15/h10-11H,5-6,8-9H2,1-3H3,(H,13,14). The van der Waals surface area contributed by atoms with Gasteiger partial charge in [-0.1, -0.05) is 18.8 Å². The van der Waals surface area contributed by atoms with Crippen LogP contribution < -0.4 is 5.32 Å². The topological polar surface area (TPSA) is 46.2 Å². The molecule has 0 bridgehead atoms. The molecule has 0 spiro atoms. The molecule has 2 unspecified atom stereocenters. The summed E-state index contributed by atoms with van der Waals surface area (Å²) < 4.78 is 12.1. The van der Waals surface area contributed by atoms with Crippen LogP contribution in [0.3, 0.4) is 0 Å². The van der Waals surface area contributed by atoms with Gasteiger partial charge in [0, 0.05) is 11.7 Å². The first kappa shape index (κ1) is 13.3. The fraction of sp³-hybridized carbons (Fsp3) is 0.750. The van der Waals surface area contributed by atoms with E-state index in [4.69, 9.17) is 0 Å². The van der Waals surface area contributed by atoms with Crippen LogP contribution in [0.1, 0.15) is 32.6 Å². The molecule has 16 heavy (non-hydrogen) atoms. The zero-order valence-corrected chi connectivity index (χ0v) is 11.1. The summed E-state index contributed by atoms with van der Waals surface area (Å²) in [5.41, 5.74) is 0.129. The highest BCUT2D eigenvalue weighted by atomic mass is 31.2. The predicted molar refractivity (Wildman–Crippen MR) is 67.1 cm³/mol. The van der Waals surface area contributed by atoms with Gasteiger partial charge in [-0.3, -0.25) is 4.79 Å². The molecule has 0 aromatic rings. The van der Waals surface area contributed by atoms with Crippen molar-refractivity contribution in [1.82, 2.24) is 5.32 Å². The molecule has 0 aliphatic heterocycles. The molecule has 1 N–H and O–H groups in total. The quantitative estimate of drug-likeness (QED) is 0.594. The number of amides is 1. The van der Waals surface area contributed by atoms with E-state index in [1.807, 2.05) is 13.3 Å². The number of nitrogens with one attached hydrogen (secondary N) is 1. The van der Waals surface area contributed by atoms with Crippen LogP contribution in [-0.2, 0) is 9.36 Å². The highest BCUT2D eigenvalue weighted by Crippen LogP contribution is 2.48. The summed E-state index contributed by atoms with van der Waals surface area (Å²) >= 11 is 0. The first-order chi connectivity index (χ1) is 7.45. The summed E-state index contributed by atoms with van der Waals surface area (Å²) in [6.07, 6.45) is 4.09. The van der Waals surface area contributed by atoms with Crippen molar-refractivity contribution in [1.29, 1.82) is 0 Å². The van der Waals surface area contributed by atoms with E-state index in [0.717, 1.165) is 25.7 Å². The summed E-state index contributed by atoms with van der Waals surface area (Å²) in [5.74, 6) is 4.81. The Morgan fingerprint density at radius 2 is 1.94 bits per heavy atom. The van der Waals surface area contributed by atoms with Crippen molar-refractivity contribution in [2.45, 2.75) is 44.3 Å². The maximum Gasteiger partial charge on any atom is 0.296 e. The number of hydrogen-bond acceptors (Lipinski definition) is 2. The molecule has 1 aliphatic rings. The third-order valence-electron chi connectivity index (χ3n) is 3.08. The molecule has 3 nitrogen and oxygen atoms in total. The van der Waals surface area contributed by atoms with E-state index in [1.165, 1.54) is 0 Å². The number of rotatable bonds is 2. The monoisotopic (exact) mass is 241 g/mol. The van der Waals surface area contributed by atoms with Gasteiger partial charge in [0.2, 0.25) is 0 Å². The largest absolute Gasteiger partial charge is 0.342 e. The summed E-state index contributed by atoms with van der Waals surface area (Å²) in [6.45, 7) is 5.27. The van der Waals surface area contributed by atoms with Crippen LogP contribution in [0, 0.1) is 11.8 Å². The van der Waals surface area contributed by atoms with E-state index in [1.54, 1.807) is 6.92 Å². The van der Waals surface area contributed by atoms with E-state index < -0.39 is 7.14 Å². The van der Waals surface area contributed by atoms with Crippen LogP contribution in [-0.4, -0.2) is 30.9 Å². The van der Waals surface area contributed by atoms with E-state index in [9.17, 15) is 9.36 Å². The molecule has 0 aromatic carbocycles.